The molecule has 1 N–H and O–H groups in total. The lowest BCUT2D eigenvalue weighted by atomic mass is 10.0. The highest BCUT2D eigenvalue weighted by Crippen LogP contribution is 2.41. The van der Waals surface area contributed by atoms with E-state index < -0.39 is 0 Å². The van der Waals surface area contributed by atoms with E-state index in [-0.39, 0.29) is 0 Å². The Morgan fingerprint density at radius 1 is 1.04 bits per heavy atom. The van der Waals surface area contributed by atoms with E-state index in [1.807, 2.05) is 0 Å². The number of hydrogen-bond acceptors (Lipinski definition) is 4. The van der Waals surface area contributed by atoms with Crippen molar-refractivity contribution in [3.8, 4) is 11.1 Å². The molecular weight excluding hydrogens is 394 g/mol. The van der Waals surface area contributed by atoms with Crippen molar-refractivity contribution in [2.45, 2.75) is 46.0 Å². The third-order valence-corrected chi connectivity index (χ3v) is 6.11. The maximum atomic E-state index is 4.55. The van der Waals surface area contributed by atoms with Crippen molar-refractivity contribution in [2.75, 3.05) is 11.9 Å². The number of anilines is 1. The van der Waals surface area contributed by atoms with Gasteiger partial charge in [0, 0.05) is 21.5 Å². The van der Waals surface area contributed by atoms with Gasteiger partial charge < -0.3 is 5.32 Å². The minimum Gasteiger partial charge on any atom is -0.369 e. The van der Waals surface area contributed by atoms with Gasteiger partial charge in [0.2, 0.25) is 0 Å². The summed E-state index contributed by atoms with van der Waals surface area (Å²) in [7, 11) is 0. The van der Waals surface area contributed by atoms with Crippen molar-refractivity contribution < 1.29 is 0 Å². The predicted molar refractivity (Wildman–Crippen MR) is 113 cm³/mol. The molecule has 25 heavy (non-hydrogen) atoms. The first-order chi connectivity index (χ1) is 12.2. The molecule has 0 amide bonds. The molecule has 0 fully saturated rings. The molecule has 0 bridgehead atoms. The third kappa shape index (κ3) is 4.21. The minimum absolute atomic E-state index is 0.962. The van der Waals surface area contributed by atoms with Gasteiger partial charge in [-0.3, -0.25) is 0 Å². The van der Waals surface area contributed by atoms with Gasteiger partial charge in [0.15, 0.2) is 0 Å². The number of hydrogen-bond donors (Lipinski definition) is 1. The monoisotopic (exact) mass is 417 g/mol. The first-order valence-electron chi connectivity index (χ1n) is 9.00. The fraction of sp³-hybridized carbons (Fsp3) is 0.400. The Balaban J connectivity index is 1.98. The first-order valence-corrected chi connectivity index (χ1v) is 10.6. The van der Waals surface area contributed by atoms with Crippen LogP contribution in [0.15, 0.2) is 35.1 Å². The van der Waals surface area contributed by atoms with Crippen molar-refractivity contribution >= 4 is 43.3 Å². The number of rotatable bonds is 8. The fourth-order valence-corrected chi connectivity index (χ4v) is 4.41. The van der Waals surface area contributed by atoms with Gasteiger partial charge in [-0.15, -0.1) is 11.3 Å². The second-order valence-electron chi connectivity index (χ2n) is 6.15. The van der Waals surface area contributed by atoms with Crippen LogP contribution in [0.3, 0.4) is 0 Å². The summed E-state index contributed by atoms with van der Waals surface area (Å²) < 4.78 is 1.10. The topological polar surface area (TPSA) is 37.8 Å². The lowest BCUT2D eigenvalue weighted by Crippen LogP contribution is -2.04. The van der Waals surface area contributed by atoms with E-state index in [9.17, 15) is 0 Å². The molecule has 2 heterocycles. The highest BCUT2D eigenvalue weighted by atomic mass is 79.9. The van der Waals surface area contributed by atoms with Crippen molar-refractivity contribution in [3.63, 3.8) is 0 Å². The number of aromatic nitrogens is 2. The zero-order valence-corrected chi connectivity index (χ0v) is 17.2. The van der Waals surface area contributed by atoms with Crippen LogP contribution in [-0.4, -0.2) is 16.5 Å². The molecule has 3 nitrogen and oxygen atoms in total. The number of benzene rings is 1. The molecule has 0 radical (unpaired) electrons. The molecule has 0 saturated heterocycles. The second kappa shape index (κ2) is 8.77. The highest BCUT2D eigenvalue weighted by Gasteiger charge is 2.17. The number of thiophene rings is 1. The predicted octanol–water partition coefficient (Wildman–Crippen LogP) is 6.68. The molecule has 0 spiro atoms. The molecule has 0 aliphatic rings. The summed E-state index contributed by atoms with van der Waals surface area (Å²) in [6, 6.07) is 8.53. The Hall–Kier alpha value is -1.46. The van der Waals surface area contributed by atoms with Crippen LogP contribution in [0.4, 0.5) is 5.82 Å². The van der Waals surface area contributed by atoms with E-state index in [2.05, 4.69) is 69.3 Å². The van der Waals surface area contributed by atoms with Crippen molar-refractivity contribution in [1.29, 1.82) is 0 Å². The number of nitrogens with one attached hydrogen (secondary N) is 1. The van der Waals surface area contributed by atoms with Gasteiger partial charge in [-0.05, 0) is 30.5 Å². The quantitative estimate of drug-likeness (QED) is 0.415. The molecule has 2 aromatic heterocycles. The van der Waals surface area contributed by atoms with Crippen LogP contribution in [0.2, 0.25) is 0 Å². The Bertz CT molecular complexity index is 827. The fourth-order valence-electron chi connectivity index (χ4n) is 3.04. The summed E-state index contributed by atoms with van der Waals surface area (Å²) in [5.41, 5.74) is 2.52. The normalized spacial score (nSPS) is 11.2. The number of fused-ring (bicyclic) bond motifs is 1. The average molecular weight is 418 g/mol. The Kier molecular flexibility index (Phi) is 6.43. The molecule has 0 atom stereocenters. The summed E-state index contributed by atoms with van der Waals surface area (Å²) in [4.78, 5) is 11.5. The molecule has 0 aliphatic heterocycles. The maximum absolute atomic E-state index is 4.55. The van der Waals surface area contributed by atoms with Crippen LogP contribution < -0.4 is 5.32 Å². The maximum Gasteiger partial charge on any atom is 0.138 e. The first kappa shape index (κ1) is 18.3. The molecule has 132 valence electrons. The van der Waals surface area contributed by atoms with E-state index in [1.54, 1.807) is 17.7 Å². The number of unbranched alkanes of at least 4 members (excludes halogenated alkanes) is 3. The molecule has 3 rings (SSSR count). The van der Waals surface area contributed by atoms with Crippen LogP contribution in [0.5, 0.6) is 0 Å². The van der Waals surface area contributed by atoms with Crippen LogP contribution in [0.1, 0.15) is 44.4 Å². The average Bonchev–Trinajstić information content (AvgIpc) is 3.01. The minimum atomic E-state index is 0.962. The zero-order valence-electron chi connectivity index (χ0n) is 14.8. The molecule has 5 heteroatoms. The molecule has 0 unspecified atom stereocenters. The van der Waals surface area contributed by atoms with Crippen molar-refractivity contribution in [1.82, 2.24) is 9.97 Å². The highest BCUT2D eigenvalue weighted by molar-refractivity contribution is 9.10. The van der Waals surface area contributed by atoms with E-state index >= 15 is 0 Å². The van der Waals surface area contributed by atoms with Gasteiger partial charge in [0.1, 0.15) is 17.0 Å². The van der Waals surface area contributed by atoms with Gasteiger partial charge in [-0.25, -0.2) is 9.97 Å². The van der Waals surface area contributed by atoms with Gasteiger partial charge >= 0.3 is 0 Å². The van der Waals surface area contributed by atoms with Crippen LogP contribution in [-0.2, 0) is 6.42 Å². The summed E-state index contributed by atoms with van der Waals surface area (Å²) in [5.74, 6) is 0.968. The van der Waals surface area contributed by atoms with E-state index in [4.69, 9.17) is 0 Å². The summed E-state index contributed by atoms with van der Waals surface area (Å²) in [5, 5.41) is 4.72. The van der Waals surface area contributed by atoms with E-state index in [0.717, 1.165) is 28.1 Å². The summed E-state index contributed by atoms with van der Waals surface area (Å²) in [6.45, 7) is 5.41. The second-order valence-corrected chi connectivity index (χ2v) is 8.15. The van der Waals surface area contributed by atoms with Crippen LogP contribution in [0.25, 0.3) is 21.3 Å². The smallest absolute Gasteiger partial charge is 0.138 e. The lowest BCUT2D eigenvalue weighted by molar-refractivity contribution is 0.684. The number of halogens is 1. The Morgan fingerprint density at radius 2 is 1.84 bits per heavy atom. The number of aryl methyl sites for hydroxylation is 1. The third-order valence-electron chi connectivity index (χ3n) is 4.34. The summed E-state index contributed by atoms with van der Waals surface area (Å²) >= 11 is 5.31. The van der Waals surface area contributed by atoms with Crippen molar-refractivity contribution in [2.24, 2.45) is 0 Å². The van der Waals surface area contributed by atoms with Gasteiger partial charge in [0.25, 0.3) is 0 Å². The molecule has 1 aromatic carbocycles. The Morgan fingerprint density at radius 3 is 2.56 bits per heavy atom. The summed E-state index contributed by atoms with van der Waals surface area (Å²) in [6.07, 6.45) is 7.68. The molecule has 3 aromatic rings. The van der Waals surface area contributed by atoms with Crippen LogP contribution >= 0.6 is 27.3 Å². The molecule has 0 saturated carbocycles. The van der Waals surface area contributed by atoms with Crippen molar-refractivity contribution in [3.05, 3.63) is 39.9 Å². The van der Waals surface area contributed by atoms with Gasteiger partial charge in [-0.1, -0.05) is 61.2 Å². The largest absolute Gasteiger partial charge is 0.369 e. The SMILES string of the molecule is CCCCCCNc1ncnc2sc(CC)c(-c3ccc(Br)cc3)c12. The molecular formula is C20H24BrN3S. The molecule has 0 aliphatic carbocycles. The van der Waals surface area contributed by atoms with Gasteiger partial charge in [-0.2, -0.15) is 0 Å². The van der Waals surface area contributed by atoms with Crippen LogP contribution in [0, 0.1) is 0 Å². The van der Waals surface area contributed by atoms with E-state index in [0.29, 0.717) is 0 Å². The number of nitrogens with zero attached hydrogens (tertiary/aromatic N) is 2. The van der Waals surface area contributed by atoms with E-state index in [1.165, 1.54) is 47.1 Å². The lowest BCUT2D eigenvalue weighted by Gasteiger charge is -2.09. The Labute approximate surface area is 162 Å². The zero-order chi connectivity index (χ0) is 17.6. The van der Waals surface area contributed by atoms with Gasteiger partial charge in [0.05, 0.1) is 5.39 Å². The standard InChI is InChI=1S/C20H24BrN3S/c1-3-5-6-7-12-22-19-18-17(14-8-10-15(21)11-9-14)16(4-2)25-20(18)24-13-23-19/h8-11,13H,3-7,12H2,1-2H3,(H,22,23,24).